The second-order valence-corrected chi connectivity index (χ2v) is 7.22. The van der Waals surface area contributed by atoms with Crippen molar-refractivity contribution in [2.24, 2.45) is 0 Å². The Hall–Kier alpha value is -2.15. The van der Waals surface area contributed by atoms with E-state index in [9.17, 15) is 0 Å². The predicted octanol–water partition coefficient (Wildman–Crippen LogP) is 4.02. The fourth-order valence-corrected chi connectivity index (χ4v) is 2.51. The van der Waals surface area contributed by atoms with E-state index in [0.717, 1.165) is 11.1 Å². The highest BCUT2D eigenvalue weighted by atomic mass is 32.2. The van der Waals surface area contributed by atoms with Crippen LogP contribution in [0, 0.1) is 6.92 Å². The zero-order valence-corrected chi connectivity index (χ0v) is 14.3. The fourth-order valence-electron chi connectivity index (χ4n) is 1.91. The maximum Gasteiger partial charge on any atom is 0.277 e. The van der Waals surface area contributed by atoms with Gasteiger partial charge in [0.15, 0.2) is 5.82 Å². The summed E-state index contributed by atoms with van der Waals surface area (Å²) in [6, 6.07) is 7.95. The second-order valence-electron chi connectivity index (χ2n) is 6.30. The van der Waals surface area contributed by atoms with Crippen molar-refractivity contribution in [2.45, 2.75) is 44.1 Å². The van der Waals surface area contributed by atoms with Crippen LogP contribution in [0.25, 0.3) is 11.5 Å². The van der Waals surface area contributed by atoms with Crippen LogP contribution in [0.3, 0.4) is 0 Å². The molecule has 0 N–H and O–H groups in total. The van der Waals surface area contributed by atoms with Gasteiger partial charge in [0.05, 0.1) is 5.75 Å². The lowest BCUT2D eigenvalue weighted by Crippen LogP contribution is -2.11. The SMILES string of the molecule is Cc1cccc(-c2nnc(SCc3noc(C(C)(C)C)n3)o2)c1. The van der Waals surface area contributed by atoms with Crippen molar-refractivity contribution in [2.75, 3.05) is 0 Å². The van der Waals surface area contributed by atoms with E-state index in [4.69, 9.17) is 8.94 Å². The van der Waals surface area contributed by atoms with Crippen molar-refractivity contribution in [3.63, 3.8) is 0 Å². The quantitative estimate of drug-likeness (QED) is 0.668. The lowest BCUT2D eigenvalue weighted by atomic mass is 9.97. The minimum Gasteiger partial charge on any atom is -0.411 e. The van der Waals surface area contributed by atoms with Gasteiger partial charge in [0.1, 0.15) is 0 Å². The van der Waals surface area contributed by atoms with Crippen LogP contribution in [-0.4, -0.2) is 20.3 Å². The third-order valence-electron chi connectivity index (χ3n) is 3.11. The molecule has 0 saturated carbocycles. The molecule has 0 unspecified atom stereocenters. The summed E-state index contributed by atoms with van der Waals surface area (Å²) >= 11 is 1.39. The summed E-state index contributed by atoms with van der Waals surface area (Å²) in [6.45, 7) is 8.12. The van der Waals surface area contributed by atoms with Gasteiger partial charge in [-0.2, -0.15) is 4.98 Å². The lowest BCUT2D eigenvalue weighted by Gasteiger charge is -2.10. The van der Waals surface area contributed by atoms with Gasteiger partial charge in [-0.05, 0) is 19.1 Å². The number of hydrogen-bond acceptors (Lipinski definition) is 7. The molecule has 0 amide bonds. The van der Waals surface area contributed by atoms with E-state index in [1.54, 1.807) is 0 Å². The first-order valence-corrected chi connectivity index (χ1v) is 8.27. The van der Waals surface area contributed by atoms with E-state index in [1.807, 2.05) is 52.0 Å². The first-order valence-electron chi connectivity index (χ1n) is 7.28. The summed E-state index contributed by atoms with van der Waals surface area (Å²) in [5, 5.41) is 12.6. The van der Waals surface area contributed by atoms with Gasteiger partial charge in [-0.1, -0.05) is 55.4 Å². The van der Waals surface area contributed by atoms with E-state index < -0.39 is 0 Å². The summed E-state index contributed by atoms with van der Waals surface area (Å²) in [5.41, 5.74) is 1.91. The van der Waals surface area contributed by atoms with E-state index in [2.05, 4.69) is 20.3 Å². The Morgan fingerprint density at radius 2 is 2.00 bits per heavy atom. The van der Waals surface area contributed by atoms with Crippen molar-refractivity contribution in [1.29, 1.82) is 0 Å². The van der Waals surface area contributed by atoms with Crippen molar-refractivity contribution in [3.05, 3.63) is 41.5 Å². The zero-order chi connectivity index (χ0) is 16.4. The number of aryl methyl sites for hydroxylation is 1. The predicted molar refractivity (Wildman–Crippen MR) is 87.0 cm³/mol. The van der Waals surface area contributed by atoms with Crippen LogP contribution in [0.4, 0.5) is 0 Å². The molecule has 7 heteroatoms. The molecule has 0 aliphatic rings. The summed E-state index contributed by atoms with van der Waals surface area (Å²) in [4.78, 5) is 4.38. The number of hydrogen-bond donors (Lipinski definition) is 0. The monoisotopic (exact) mass is 330 g/mol. The van der Waals surface area contributed by atoms with Gasteiger partial charge in [-0.15, -0.1) is 10.2 Å². The molecule has 6 nitrogen and oxygen atoms in total. The fraction of sp³-hybridized carbons (Fsp3) is 0.375. The van der Waals surface area contributed by atoms with E-state index in [-0.39, 0.29) is 5.41 Å². The number of aromatic nitrogens is 4. The van der Waals surface area contributed by atoms with Crippen LogP contribution in [0.2, 0.25) is 0 Å². The average Bonchev–Trinajstić information content (AvgIpc) is 3.14. The molecule has 0 fully saturated rings. The van der Waals surface area contributed by atoms with Crippen molar-refractivity contribution >= 4 is 11.8 Å². The third kappa shape index (κ3) is 3.79. The Morgan fingerprint density at radius 1 is 1.17 bits per heavy atom. The Labute approximate surface area is 138 Å². The minimum atomic E-state index is -0.154. The van der Waals surface area contributed by atoms with Crippen LogP contribution in [0.15, 0.2) is 38.4 Å². The minimum absolute atomic E-state index is 0.154. The largest absolute Gasteiger partial charge is 0.411 e. The molecule has 3 rings (SSSR count). The van der Waals surface area contributed by atoms with Crippen LogP contribution < -0.4 is 0 Å². The average molecular weight is 330 g/mol. The molecule has 0 saturated heterocycles. The smallest absolute Gasteiger partial charge is 0.277 e. The Kier molecular flexibility index (Phi) is 4.21. The first-order chi connectivity index (χ1) is 10.9. The topological polar surface area (TPSA) is 77.8 Å². The standard InChI is InChI=1S/C16H18N4O2S/c1-10-6-5-7-11(8-10)13-18-19-15(21-13)23-9-12-17-14(22-20-12)16(2,3)4/h5-8H,9H2,1-4H3. The zero-order valence-electron chi connectivity index (χ0n) is 13.5. The molecule has 1 aromatic carbocycles. The third-order valence-corrected chi connectivity index (χ3v) is 3.92. The molecule has 0 aliphatic carbocycles. The maximum atomic E-state index is 5.68. The molecule has 0 aliphatic heterocycles. The summed E-state index contributed by atoms with van der Waals surface area (Å²) < 4.78 is 10.9. The van der Waals surface area contributed by atoms with Crippen molar-refractivity contribution in [3.8, 4) is 11.5 Å². The molecular formula is C16H18N4O2S. The lowest BCUT2D eigenvalue weighted by molar-refractivity contribution is 0.319. The Bertz CT molecular complexity index is 804. The summed E-state index contributed by atoms with van der Waals surface area (Å²) in [5.74, 6) is 2.28. The highest BCUT2D eigenvalue weighted by molar-refractivity contribution is 7.98. The summed E-state index contributed by atoms with van der Waals surface area (Å²) in [7, 11) is 0. The maximum absolute atomic E-state index is 5.68. The van der Waals surface area contributed by atoms with E-state index in [1.165, 1.54) is 11.8 Å². The van der Waals surface area contributed by atoms with Crippen LogP contribution in [-0.2, 0) is 11.2 Å². The molecule has 0 radical (unpaired) electrons. The molecule has 2 aromatic heterocycles. The molecule has 0 bridgehead atoms. The molecule has 2 heterocycles. The van der Waals surface area contributed by atoms with Gasteiger partial charge in [0.25, 0.3) is 5.22 Å². The highest BCUT2D eigenvalue weighted by Crippen LogP contribution is 2.26. The van der Waals surface area contributed by atoms with Gasteiger partial charge in [0, 0.05) is 11.0 Å². The molecule has 3 aromatic rings. The molecular weight excluding hydrogens is 312 g/mol. The molecule has 120 valence electrons. The second kappa shape index (κ2) is 6.16. The van der Waals surface area contributed by atoms with Gasteiger partial charge in [-0.3, -0.25) is 0 Å². The number of thioether (sulfide) groups is 1. The van der Waals surface area contributed by atoms with Gasteiger partial charge >= 0.3 is 0 Å². The van der Waals surface area contributed by atoms with Crippen molar-refractivity contribution in [1.82, 2.24) is 20.3 Å². The van der Waals surface area contributed by atoms with Gasteiger partial charge in [0.2, 0.25) is 11.8 Å². The Balaban J connectivity index is 1.67. The Morgan fingerprint density at radius 3 is 2.70 bits per heavy atom. The number of rotatable bonds is 4. The first kappa shape index (κ1) is 15.7. The van der Waals surface area contributed by atoms with Gasteiger partial charge < -0.3 is 8.94 Å². The van der Waals surface area contributed by atoms with E-state index in [0.29, 0.717) is 28.6 Å². The van der Waals surface area contributed by atoms with Crippen molar-refractivity contribution < 1.29 is 8.94 Å². The number of benzene rings is 1. The van der Waals surface area contributed by atoms with Crippen LogP contribution >= 0.6 is 11.8 Å². The number of nitrogens with zero attached hydrogens (tertiary/aromatic N) is 4. The van der Waals surface area contributed by atoms with Crippen LogP contribution in [0.1, 0.15) is 38.0 Å². The summed E-state index contributed by atoms with van der Waals surface area (Å²) in [6.07, 6.45) is 0. The normalized spacial score (nSPS) is 11.8. The highest BCUT2D eigenvalue weighted by Gasteiger charge is 2.22. The van der Waals surface area contributed by atoms with E-state index >= 15 is 0 Å². The van der Waals surface area contributed by atoms with Gasteiger partial charge in [-0.25, -0.2) is 0 Å². The molecule has 23 heavy (non-hydrogen) atoms. The molecule has 0 atom stereocenters. The van der Waals surface area contributed by atoms with Crippen LogP contribution in [0.5, 0.6) is 0 Å². The molecule has 0 spiro atoms.